The summed E-state index contributed by atoms with van der Waals surface area (Å²) in [7, 11) is 0. The number of anilines is 1. The number of alkyl halides is 3. The zero-order valence-corrected chi connectivity index (χ0v) is 21.9. The highest BCUT2D eigenvalue weighted by atomic mass is 35.5. The standard InChI is InChI=1S/C25H18Cl3F2N3O3S/c26-19-11-8-17(12-20(19)27)32-24-33(14-15-4-2-1-3-5-15)22(34)13-21(37-24)23(35)31-16-6-9-18(10-7-16)36-25(28,29)30/h1-12,21H,13-14H2,(H,31,35)/t21-/m1/s1. The van der Waals surface area contributed by atoms with Crippen molar-refractivity contribution in [3.8, 4) is 5.75 Å². The molecule has 1 saturated heterocycles. The van der Waals surface area contributed by atoms with Crippen LogP contribution in [0.15, 0.2) is 77.8 Å². The van der Waals surface area contributed by atoms with Crippen LogP contribution in [0.4, 0.5) is 20.2 Å². The van der Waals surface area contributed by atoms with Crippen LogP contribution in [0.25, 0.3) is 0 Å². The lowest BCUT2D eigenvalue weighted by atomic mass is 10.2. The molecule has 1 aliphatic heterocycles. The summed E-state index contributed by atoms with van der Waals surface area (Å²) in [5.74, 6) is -0.904. The van der Waals surface area contributed by atoms with Crippen molar-refractivity contribution in [1.82, 2.24) is 4.90 Å². The van der Waals surface area contributed by atoms with E-state index in [1.807, 2.05) is 30.3 Å². The number of carbonyl (C=O) groups is 2. The fourth-order valence-corrected chi connectivity index (χ4v) is 4.87. The van der Waals surface area contributed by atoms with Gasteiger partial charge in [0, 0.05) is 23.7 Å². The molecule has 2 amide bonds. The number of amidine groups is 1. The first-order valence-corrected chi connectivity index (χ1v) is 12.8. The second-order valence-corrected chi connectivity index (χ2v) is 10.3. The summed E-state index contributed by atoms with van der Waals surface area (Å²) in [5.41, 5.74) is -2.15. The predicted molar refractivity (Wildman–Crippen MR) is 143 cm³/mol. The first kappa shape index (κ1) is 27.2. The number of carbonyl (C=O) groups excluding carboxylic acids is 2. The fraction of sp³-hybridized carbons (Fsp3) is 0.160. The van der Waals surface area contributed by atoms with Crippen LogP contribution >= 0.6 is 46.6 Å². The summed E-state index contributed by atoms with van der Waals surface area (Å²) >= 11 is 18.0. The molecule has 37 heavy (non-hydrogen) atoms. The maximum atomic E-state index is 13.2. The predicted octanol–water partition coefficient (Wildman–Crippen LogP) is 7.32. The van der Waals surface area contributed by atoms with Gasteiger partial charge in [0.25, 0.3) is 0 Å². The average molecular weight is 585 g/mol. The van der Waals surface area contributed by atoms with Crippen LogP contribution in [-0.4, -0.2) is 32.7 Å². The van der Waals surface area contributed by atoms with Gasteiger partial charge in [0.05, 0.1) is 22.3 Å². The lowest BCUT2D eigenvalue weighted by Gasteiger charge is -2.32. The fourth-order valence-electron chi connectivity index (χ4n) is 3.39. The smallest absolute Gasteiger partial charge is 0.420 e. The first-order valence-electron chi connectivity index (χ1n) is 10.8. The number of halogens is 5. The number of amides is 2. The molecule has 3 aromatic carbocycles. The van der Waals surface area contributed by atoms with Gasteiger partial charge in [-0.1, -0.05) is 65.3 Å². The number of hydrogen-bond donors (Lipinski definition) is 1. The van der Waals surface area contributed by atoms with Gasteiger partial charge in [-0.25, -0.2) is 4.99 Å². The van der Waals surface area contributed by atoms with Crippen LogP contribution in [-0.2, 0) is 16.1 Å². The van der Waals surface area contributed by atoms with E-state index in [1.165, 1.54) is 29.2 Å². The number of hydrogen-bond acceptors (Lipinski definition) is 5. The van der Waals surface area contributed by atoms with E-state index in [4.69, 9.17) is 34.8 Å². The molecule has 0 aliphatic carbocycles. The number of rotatable bonds is 7. The van der Waals surface area contributed by atoms with Gasteiger partial charge in [0.1, 0.15) is 11.0 Å². The van der Waals surface area contributed by atoms with Crippen LogP contribution in [0.2, 0.25) is 10.0 Å². The molecule has 1 aliphatic rings. The van der Waals surface area contributed by atoms with Crippen LogP contribution in [0.3, 0.4) is 0 Å². The molecule has 192 valence electrons. The van der Waals surface area contributed by atoms with Gasteiger partial charge < -0.3 is 10.1 Å². The number of ether oxygens (including phenoxy) is 1. The zero-order valence-electron chi connectivity index (χ0n) is 18.8. The van der Waals surface area contributed by atoms with Gasteiger partial charge in [-0.2, -0.15) is 0 Å². The molecule has 0 saturated carbocycles. The molecule has 0 spiro atoms. The molecular weight excluding hydrogens is 567 g/mol. The monoisotopic (exact) mass is 583 g/mol. The van der Waals surface area contributed by atoms with Crippen molar-refractivity contribution in [2.24, 2.45) is 4.99 Å². The highest BCUT2D eigenvalue weighted by Crippen LogP contribution is 2.33. The number of nitrogens with one attached hydrogen (secondary N) is 1. The largest absolute Gasteiger partial charge is 0.487 e. The Hall–Kier alpha value is -2.85. The minimum absolute atomic E-state index is 0.0661. The van der Waals surface area contributed by atoms with E-state index in [-0.39, 0.29) is 24.6 Å². The maximum absolute atomic E-state index is 13.2. The molecule has 1 heterocycles. The van der Waals surface area contributed by atoms with E-state index in [2.05, 4.69) is 15.0 Å². The van der Waals surface area contributed by atoms with Gasteiger partial charge in [-0.15, -0.1) is 8.78 Å². The Bertz CT molecular complexity index is 1320. The molecule has 4 rings (SSSR count). The van der Waals surface area contributed by atoms with Gasteiger partial charge in [0.2, 0.25) is 11.8 Å². The van der Waals surface area contributed by atoms with Gasteiger partial charge in [-0.05, 0) is 48.0 Å². The summed E-state index contributed by atoms with van der Waals surface area (Å²) in [6.45, 7) is 0.272. The molecule has 1 atom stereocenters. The molecular formula is C25H18Cl3F2N3O3S. The highest BCUT2D eigenvalue weighted by molar-refractivity contribution is 8.15. The van der Waals surface area contributed by atoms with E-state index in [9.17, 15) is 18.4 Å². The number of aliphatic imine (C=N–C) groups is 1. The van der Waals surface area contributed by atoms with Crippen molar-refractivity contribution in [1.29, 1.82) is 0 Å². The average Bonchev–Trinajstić information content (AvgIpc) is 2.84. The summed E-state index contributed by atoms with van der Waals surface area (Å²) in [6, 6.07) is 19.5. The maximum Gasteiger partial charge on any atom is 0.487 e. The van der Waals surface area contributed by atoms with Crippen molar-refractivity contribution in [3.05, 3.63) is 88.4 Å². The third-order valence-corrected chi connectivity index (χ3v) is 7.10. The van der Waals surface area contributed by atoms with E-state index in [0.717, 1.165) is 17.3 Å². The molecule has 6 nitrogen and oxygen atoms in total. The quantitative estimate of drug-likeness (QED) is 0.295. The molecule has 0 radical (unpaired) electrons. The Balaban J connectivity index is 1.54. The second kappa shape index (κ2) is 11.7. The first-order chi connectivity index (χ1) is 17.6. The van der Waals surface area contributed by atoms with E-state index in [0.29, 0.717) is 26.6 Å². The Morgan fingerprint density at radius 2 is 1.78 bits per heavy atom. The van der Waals surface area contributed by atoms with Crippen molar-refractivity contribution < 1.29 is 23.1 Å². The topological polar surface area (TPSA) is 71.0 Å². The number of thioether (sulfide) groups is 1. The number of nitrogens with zero attached hydrogens (tertiary/aromatic N) is 2. The van der Waals surface area contributed by atoms with Crippen LogP contribution < -0.4 is 10.1 Å². The normalized spacial score (nSPS) is 17.1. The molecule has 12 heteroatoms. The van der Waals surface area contributed by atoms with Crippen molar-refractivity contribution >= 4 is 74.9 Å². The zero-order chi connectivity index (χ0) is 26.6. The Morgan fingerprint density at radius 3 is 2.43 bits per heavy atom. The molecule has 0 unspecified atom stereocenters. The van der Waals surface area contributed by atoms with E-state index in [1.54, 1.807) is 18.2 Å². The third-order valence-electron chi connectivity index (χ3n) is 5.10. The lowest BCUT2D eigenvalue weighted by Crippen LogP contribution is -2.44. The molecule has 1 fully saturated rings. The summed E-state index contributed by atoms with van der Waals surface area (Å²) in [6.07, 6.45) is -0.0661. The summed E-state index contributed by atoms with van der Waals surface area (Å²) < 4.78 is 29.9. The van der Waals surface area contributed by atoms with Crippen LogP contribution in [0, 0.1) is 0 Å². The summed E-state index contributed by atoms with van der Waals surface area (Å²) in [4.78, 5) is 32.3. The number of benzene rings is 3. The Morgan fingerprint density at radius 1 is 1.08 bits per heavy atom. The lowest BCUT2D eigenvalue weighted by molar-refractivity contribution is -0.129. The molecule has 0 aromatic heterocycles. The van der Waals surface area contributed by atoms with Crippen molar-refractivity contribution in [2.75, 3.05) is 5.32 Å². The SMILES string of the molecule is O=C(Nc1ccc(OC(F)(F)Cl)cc1)[C@H]1CC(=O)N(Cc2ccccc2)C(=Nc2ccc(Cl)c(Cl)c2)S1. The minimum Gasteiger partial charge on any atom is -0.420 e. The van der Waals surface area contributed by atoms with Crippen LogP contribution in [0.5, 0.6) is 5.75 Å². The van der Waals surface area contributed by atoms with Crippen LogP contribution in [0.1, 0.15) is 12.0 Å². The second-order valence-electron chi connectivity index (χ2n) is 7.83. The summed E-state index contributed by atoms with van der Waals surface area (Å²) in [5, 5.41) is 2.89. The van der Waals surface area contributed by atoms with E-state index >= 15 is 0 Å². The molecule has 0 bridgehead atoms. The molecule has 1 N–H and O–H groups in total. The van der Waals surface area contributed by atoms with Gasteiger partial charge >= 0.3 is 5.57 Å². The van der Waals surface area contributed by atoms with Gasteiger partial charge in [-0.3, -0.25) is 14.5 Å². The Kier molecular flexibility index (Phi) is 8.59. The Labute approximate surface area is 230 Å². The molecule has 3 aromatic rings. The highest BCUT2D eigenvalue weighted by Gasteiger charge is 2.36. The third kappa shape index (κ3) is 7.58. The van der Waals surface area contributed by atoms with Crippen molar-refractivity contribution in [2.45, 2.75) is 23.8 Å². The van der Waals surface area contributed by atoms with Gasteiger partial charge in [0.15, 0.2) is 5.17 Å². The van der Waals surface area contributed by atoms with E-state index < -0.39 is 16.7 Å². The minimum atomic E-state index is -3.85. The van der Waals surface area contributed by atoms with Crippen molar-refractivity contribution in [3.63, 3.8) is 0 Å².